The van der Waals surface area contributed by atoms with Crippen molar-refractivity contribution in [3.63, 3.8) is 0 Å². The lowest BCUT2D eigenvalue weighted by atomic mass is 10.0. The predicted octanol–water partition coefficient (Wildman–Crippen LogP) is 7.07. The standard InChI is InChI=1S/C22H18ClFN4O2.C6H12O/c1-11-21(12(2)30-27-11)13-3-6-17-18(9-13)26-22(25-17)19-7-8-20(29)28(19)14-4-5-15(23)16(24)10-14;1-7-6-4-2-3-5-6/h3-6,9-10,19H,7-8H2,1-2H3,(H,25,26);6H,2-5H2,1H3/t19-;/m0./s1. The first-order chi connectivity index (χ1) is 17.9. The Kier molecular flexibility index (Phi) is 7.31. The first kappa shape index (κ1) is 25.4. The number of anilines is 1. The highest BCUT2D eigenvalue weighted by Crippen LogP contribution is 2.38. The number of fused-ring (bicyclic) bond motifs is 1. The number of hydrogen-bond acceptors (Lipinski definition) is 5. The fourth-order valence-electron chi connectivity index (χ4n) is 5.26. The van der Waals surface area contributed by atoms with Crippen LogP contribution >= 0.6 is 11.6 Å². The summed E-state index contributed by atoms with van der Waals surface area (Å²) in [4.78, 5) is 22.2. The molecule has 1 N–H and O–H groups in total. The molecule has 37 heavy (non-hydrogen) atoms. The van der Waals surface area contributed by atoms with Crippen molar-refractivity contribution in [1.82, 2.24) is 15.1 Å². The molecular formula is C28H30ClFN4O3. The van der Waals surface area contributed by atoms with Crippen molar-refractivity contribution in [2.75, 3.05) is 12.0 Å². The lowest BCUT2D eigenvalue weighted by molar-refractivity contribution is -0.117. The van der Waals surface area contributed by atoms with Gasteiger partial charge in [-0.25, -0.2) is 9.37 Å². The maximum absolute atomic E-state index is 14.0. The van der Waals surface area contributed by atoms with Crippen LogP contribution in [0.4, 0.5) is 10.1 Å². The summed E-state index contributed by atoms with van der Waals surface area (Å²) in [5, 5.41) is 4.05. The van der Waals surface area contributed by atoms with Gasteiger partial charge in [-0.2, -0.15) is 0 Å². The number of halogens is 2. The van der Waals surface area contributed by atoms with Crippen LogP contribution in [0.1, 0.15) is 61.8 Å². The quantitative estimate of drug-likeness (QED) is 0.308. The van der Waals surface area contributed by atoms with Crippen molar-refractivity contribution in [2.45, 2.75) is 64.5 Å². The highest BCUT2D eigenvalue weighted by molar-refractivity contribution is 6.30. The Hall–Kier alpha value is -3.23. The van der Waals surface area contributed by atoms with Crippen molar-refractivity contribution >= 4 is 34.2 Å². The number of nitrogens with one attached hydrogen (secondary N) is 1. The van der Waals surface area contributed by atoms with Crippen molar-refractivity contribution in [3.05, 3.63) is 64.5 Å². The van der Waals surface area contributed by atoms with Crippen LogP contribution in [-0.2, 0) is 9.53 Å². The molecular weight excluding hydrogens is 495 g/mol. The summed E-state index contributed by atoms with van der Waals surface area (Å²) in [5.41, 5.74) is 4.88. The van der Waals surface area contributed by atoms with Gasteiger partial charge in [-0.05, 0) is 69.0 Å². The van der Waals surface area contributed by atoms with Gasteiger partial charge in [0, 0.05) is 24.8 Å². The molecule has 194 valence electrons. The molecule has 2 aromatic heterocycles. The number of aromatic nitrogens is 3. The maximum Gasteiger partial charge on any atom is 0.227 e. The molecule has 1 aliphatic carbocycles. The summed E-state index contributed by atoms with van der Waals surface area (Å²) in [6.07, 6.45) is 6.89. The van der Waals surface area contributed by atoms with Crippen LogP contribution in [-0.4, -0.2) is 34.2 Å². The Balaban J connectivity index is 0.000000348. The lowest BCUT2D eigenvalue weighted by Crippen LogP contribution is -2.28. The topological polar surface area (TPSA) is 84.2 Å². The first-order valence-electron chi connectivity index (χ1n) is 12.6. The number of ether oxygens (including phenoxy) is 1. The number of aryl methyl sites for hydroxylation is 2. The van der Waals surface area contributed by atoms with Gasteiger partial charge in [0.2, 0.25) is 5.91 Å². The number of benzene rings is 2. The van der Waals surface area contributed by atoms with Gasteiger partial charge in [0.05, 0.1) is 33.9 Å². The van der Waals surface area contributed by atoms with Crippen LogP contribution < -0.4 is 4.90 Å². The minimum absolute atomic E-state index is 0.0255. The predicted molar refractivity (Wildman–Crippen MR) is 141 cm³/mol. The van der Waals surface area contributed by atoms with Crippen molar-refractivity contribution in [1.29, 1.82) is 0 Å². The van der Waals surface area contributed by atoms with Gasteiger partial charge in [0.25, 0.3) is 0 Å². The Bertz CT molecular complexity index is 1410. The van der Waals surface area contributed by atoms with E-state index < -0.39 is 5.82 Å². The number of imidazole rings is 1. The zero-order chi connectivity index (χ0) is 26.1. The Morgan fingerprint density at radius 1 is 1.14 bits per heavy atom. The number of nitrogens with zero attached hydrogens (tertiary/aromatic N) is 3. The number of rotatable bonds is 4. The van der Waals surface area contributed by atoms with E-state index >= 15 is 0 Å². The molecule has 6 rings (SSSR count). The van der Waals surface area contributed by atoms with Crippen molar-refractivity contribution in [3.8, 4) is 11.1 Å². The molecule has 2 aromatic carbocycles. The molecule has 1 saturated carbocycles. The van der Waals surface area contributed by atoms with Gasteiger partial charge in [-0.3, -0.25) is 4.79 Å². The van der Waals surface area contributed by atoms with E-state index in [1.165, 1.54) is 37.8 Å². The van der Waals surface area contributed by atoms with Gasteiger partial charge in [-0.15, -0.1) is 0 Å². The molecule has 1 amide bonds. The number of carbonyl (C=O) groups excluding carboxylic acids is 1. The highest BCUT2D eigenvalue weighted by Gasteiger charge is 2.35. The maximum atomic E-state index is 14.0. The van der Waals surface area contributed by atoms with E-state index in [0.717, 1.165) is 33.6 Å². The van der Waals surface area contributed by atoms with Crippen molar-refractivity contribution in [2.24, 2.45) is 0 Å². The summed E-state index contributed by atoms with van der Waals surface area (Å²) in [6, 6.07) is 10.0. The zero-order valence-electron chi connectivity index (χ0n) is 21.2. The summed E-state index contributed by atoms with van der Waals surface area (Å²) >= 11 is 5.80. The summed E-state index contributed by atoms with van der Waals surface area (Å²) in [6.45, 7) is 3.78. The van der Waals surface area contributed by atoms with E-state index in [9.17, 15) is 9.18 Å². The molecule has 1 aliphatic heterocycles. The third-order valence-electron chi connectivity index (χ3n) is 7.17. The van der Waals surface area contributed by atoms with E-state index in [1.54, 1.807) is 18.1 Å². The molecule has 7 nitrogen and oxygen atoms in total. The second-order valence-electron chi connectivity index (χ2n) is 9.61. The molecule has 2 aliphatic rings. The number of carbonyl (C=O) groups is 1. The van der Waals surface area contributed by atoms with Gasteiger partial charge in [0.1, 0.15) is 17.4 Å². The first-order valence-corrected chi connectivity index (χ1v) is 13.0. The number of aromatic amines is 1. The minimum Gasteiger partial charge on any atom is -0.381 e. The van der Waals surface area contributed by atoms with E-state index in [4.69, 9.17) is 25.8 Å². The number of H-pyrrole nitrogens is 1. The smallest absolute Gasteiger partial charge is 0.227 e. The third kappa shape index (κ3) is 5.13. The van der Waals surface area contributed by atoms with Crippen LogP contribution in [0, 0.1) is 19.7 Å². The Morgan fingerprint density at radius 2 is 1.92 bits per heavy atom. The molecule has 0 unspecified atom stereocenters. The van der Waals surface area contributed by atoms with E-state index in [-0.39, 0.29) is 17.0 Å². The summed E-state index contributed by atoms with van der Waals surface area (Å²) in [5.74, 6) is 0.797. The number of hydrogen-bond donors (Lipinski definition) is 1. The normalized spacial score (nSPS) is 18.0. The fourth-order valence-corrected chi connectivity index (χ4v) is 5.38. The van der Waals surface area contributed by atoms with Crippen LogP contribution in [0.15, 0.2) is 40.9 Å². The van der Waals surface area contributed by atoms with Gasteiger partial charge in [-0.1, -0.05) is 35.7 Å². The van der Waals surface area contributed by atoms with E-state index in [2.05, 4.69) is 10.1 Å². The zero-order valence-corrected chi connectivity index (χ0v) is 21.9. The summed E-state index contributed by atoms with van der Waals surface area (Å²) < 4.78 is 24.4. The molecule has 0 spiro atoms. The largest absolute Gasteiger partial charge is 0.381 e. The monoisotopic (exact) mass is 524 g/mol. The van der Waals surface area contributed by atoms with Crippen LogP contribution in [0.2, 0.25) is 5.02 Å². The lowest BCUT2D eigenvalue weighted by Gasteiger charge is -2.23. The molecule has 2 fully saturated rings. The van der Waals surface area contributed by atoms with E-state index in [1.807, 2.05) is 32.0 Å². The van der Waals surface area contributed by atoms with Crippen LogP contribution in [0.25, 0.3) is 22.2 Å². The molecule has 1 atom stereocenters. The molecule has 0 bridgehead atoms. The molecule has 9 heteroatoms. The number of amides is 1. The van der Waals surface area contributed by atoms with Crippen LogP contribution in [0.3, 0.4) is 0 Å². The number of methoxy groups -OCH3 is 1. The molecule has 0 radical (unpaired) electrons. The second-order valence-corrected chi connectivity index (χ2v) is 10.0. The van der Waals surface area contributed by atoms with Gasteiger partial charge in [0.15, 0.2) is 0 Å². The minimum atomic E-state index is -0.554. The van der Waals surface area contributed by atoms with E-state index in [0.29, 0.717) is 30.5 Å². The third-order valence-corrected chi connectivity index (χ3v) is 7.47. The van der Waals surface area contributed by atoms with Crippen molar-refractivity contribution < 1.29 is 18.4 Å². The Labute approximate surface area is 219 Å². The van der Waals surface area contributed by atoms with Gasteiger partial charge < -0.3 is 19.1 Å². The van der Waals surface area contributed by atoms with Gasteiger partial charge >= 0.3 is 0 Å². The summed E-state index contributed by atoms with van der Waals surface area (Å²) in [7, 11) is 1.80. The second kappa shape index (κ2) is 10.6. The molecule has 4 aromatic rings. The average Bonchev–Trinajstić information content (AvgIpc) is 3.68. The highest BCUT2D eigenvalue weighted by atomic mass is 35.5. The molecule has 1 saturated heterocycles. The fraction of sp³-hybridized carbons (Fsp3) is 0.393. The SMILES string of the molecule is COC1CCCC1.Cc1noc(C)c1-c1ccc2nc([C@@H]3CCC(=O)N3c3ccc(Cl)c(F)c3)[nH]c2c1. The Morgan fingerprint density at radius 3 is 2.57 bits per heavy atom. The molecule has 3 heterocycles. The van der Waals surface area contributed by atoms with Crippen LogP contribution in [0.5, 0.6) is 0 Å². The average molecular weight is 525 g/mol.